The van der Waals surface area contributed by atoms with E-state index in [-0.39, 0.29) is 0 Å². The van der Waals surface area contributed by atoms with Crippen LogP contribution < -0.4 is 0 Å². The Balaban J connectivity index is 3.96. The number of rotatable bonds is 1. The number of ether oxygens (including phenoxy) is 1. The summed E-state index contributed by atoms with van der Waals surface area (Å²) < 4.78 is 4.32. The fourth-order valence-corrected chi connectivity index (χ4v) is 0.323. The topological polar surface area (TPSA) is 26.3 Å². The van der Waals surface area contributed by atoms with Crippen molar-refractivity contribution in [3.05, 3.63) is 12.2 Å². The van der Waals surface area contributed by atoms with Crippen LogP contribution in [0.25, 0.3) is 0 Å². The molecule has 0 rings (SSSR count). The lowest BCUT2D eigenvalue weighted by Crippen LogP contribution is -1.92. The molecule has 0 fully saturated rings. The summed E-state index contributed by atoms with van der Waals surface area (Å²) in [7, 11) is 1.29. The summed E-state index contributed by atoms with van der Waals surface area (Å²) in [6, 6.07) is 0. The van der Waals surface area contributed by atoms with Crippen molar-refractivity contribution in [1.29, 1.82) is 0 Å². The molecule has 0 radical (unpaired) electrons. The molecule has 0 aromatic carbocycles. The largest absolute Gasteiger partial charge is 0.466 e. The van der Waals surface area contributed by atoms with Gasteiger partial charge >= 0.3 is 5.97 Å². The van der Waals surface area contributed by atoms with E-state index in [9.17, 15) is 4.79 Å². The van der Waals surface area contributed by atoms with E-state index in [0.717, 1.165) is 0 Å². The van der Waals surface area contributed by atoms with Crippen molar-refractivity contribution in [2.24, 2.45) is 0 Å². The van der Waals surface area contributed by atoms with Gasteiger partial charge < -0.3 is 4.74 Å². The van der Waals surface area contributed by atoms with Gasteiger partial charge in [0.25, 0.3) is 0 Å². The summed E-state index contributed by atoms with van der Waals surface area (Å²) in [5, 5.41) is 0. The number of terminal acetylenes is 1. The molecule has 0 aromatic heterocycles. The number of hydrogen-bond donors (Lipinski definition) is 0. The standard InChI is InChI=1S/C10H6O2/c1-3-4-5-6-7-8-9-10(11)12-2/h1,8-9H,2H3. The van der Waals surface area contributed by atoms with E-state index in [1.807, 2.05) is 0 Å². The normalized spacial score (nSPS) is 7.00. The van der Waals surface area contributed by atoms with Crippen LogP contribution in [0.4, 0.5) is 0 Å². The van der Waals surface area contributed by atoms with Gasteiger partial charge in [0.05, 0.1) is 7.11 Å². The molecule has 0 saturated carbocycles. The van der Waals surface area contributed by atoms with E-state index in [4.69, 9.17) is 6.42 Å². The predicted octanol–water partition coefficient (Wildman–Crippen LogP) is 0.356. The third-order valence-electron chi connectivity index (χ3n) is 0.773. The third kappa shape index (κ3) is 6.02. The van der Waals surface area contributed by atoms with Gasteiger partial charge in [-0.05, 0) is 29.8 Å². The molecule has 58 valence electrons. The fraction of sp³-hybridized carbons (Fsp3) is 0.100. The first-order valence-electron chi connectivity index (χ1n) is 3.02. The zero-order chi connectivity index (χ0) is 9.23. The van der Waals surface area contributed by atoms with Crippen LogP contribution in [0.2, 0.25) is 0 Å². The molecule has 0 spiro atoms. The number of carbonyl (C=O) groups excluding carboxylic acids is 1. The minimum absolute atomic E-state index is 0.450. The third-order valence-corrected chi connectivity index (χ3v) is 0.773. The molecule has 12 heavy (non-hydrogen) atoms. The lowest BCUT2D eigenvalue weighted by Gasteiger charge is -1.84. The average Bonchev–Trinajstić information content (AvgIpc) is 2.10. The van der Waals surface area contributed by atoms with Crippen molar-refractivity contribution >= 4 is 5.97 Å². The quantitative estimate of drug-likeness (QED) is 0.313. The summed E-state index contributed by atoms with van der Waals surface area (Å²) in [6.07, 6.45) is 7.37. The van der Waals surface area contributed by atoms with Gasteiger partial charge in [-0.25, -0.2) is 4.79 Å². The van der Waals surface area contributed by atoms with Crippen molar-refractivity contribution in [2.75, 3.05) is 7.11 Å². The van der Waals surface area contributed by atoms with E-state index >= 15 is 0 Å². The molecule has 0 bridgehead atoms. The maximum absolute atomic E-state index is 10.5. The highest BCUT2D eigenvalue weighted by Gasteiger charge is 1.85. The minimum Gasteiger partial charge on any atom is -0.466 e. The van der Waals surface area contributed by atoms with Crippen LogP contribution in [0.15, 0.2) is 12.2 Å². The molecule has 2 nitrogen and oxygen atoms in total. The minimum atomic E-state index is -0.450. The van der Waals surface area contributed by atoms with E-state index in [1.165, 1.54) is 19.3 Å². The Morgan fingerprint density at radius 1 is 1.42 bits per heavy atom. The summed E-state index contributed by atoms with van der Waals surface area (Å²) in [6.45, 7) is 0. The molecule has 0 saturated heterocycles. The predicted molar refractivity (Wildman–Crippen MR) is 45.5 cm³/mol. The van der Waals surface area contributed by atoms with Gasteiger partial charge in [-0.15, -0.1) is 6.42 Å². The zero-order valence-electron chi connectivity index (χ0n) is 6.55. The lowest BCUT2D eigenvalue weighted by atomic mass is 10.4. The van der Waals surface area contributed by atoms with Crippen LogP contribution in [-0.4, -0.2) is 13.1 Å². The number of carbonyl (C=O) groups is 1. The maximum atomic E-state index is 10.5. The van der Waals surface area contributed by atoms with Gasteiger partial charge in [-0.1, -0.05) is 5.92 Å². The highest BCUT2D eigenvalue weighted by molar-refractivity contribution is 5.82. The maximum Gasteiger partial charge on any atom is 0.331 e. The lowest BCUT2D eigenvalue weighted by molar-refractivity contribution is -0.134. The molecule has 0 aliphatic heterocycles. The van der Waals surface area contributed by atoms with Crippen LogP contribution in [0.3, 0.4) is 0 Å². The van der Waals surface area contributed by atoms with E-state index in [1.54, 1.807) is 0 Å². The molecule has 0 aliphatic rings. The number of hydrogen-bond acceptors (Lipinski definition) is 2. The average molecular weight is 158 g/mol. The second-order valence-corrected chi connectivity index (χ2v) is 1.52. The van der Waals surface area contributed by atoms with Gasteiger partial charge in [-0.2, -0.15) is 0 Å². The Morgan fingerprint density at radius 3 is 2.75 bits per heavy atom. The van der Waals surface area contributed by atoms with Crippen molar-refractivity contribution in [1.82, 2.24) is 0 Å². The number of methoxy groups -OCH3 is 1. The zero-order valence-corrected chi connectivity index (χ0v) is 6.55. The van der Waals surface area contributed by atoms with Gasteiger partial charge in [0, 0.05) is 6.08 Å². The highest BCUT2D eigenvalue weighted by Crippen LogP contribution is 1.75. The second-order valence-electron chi connectivity index (χ2n) is 1.52. The van der Waals surface area contributed by atoms with Crippen LogP contribution in [-0.2, 0) is 9.53 Å². The number of esters is 1. The van der Waals surface area contributed by atoms with Gasteiger partial charge in [0.2, 0.25) is 0 Å². The van der Waals surface area contributed by atoms with Gasteiger partial charge in [0.15, 0.2) is 0 Å². The summed E-state index contributed by atoms with van der Waals surface area (Å²) in [5.41, 5.74) is 0. The Bertz CT molecular complexity index is 334. The molecule has 0 heterocycles. The Kier molecular flexibility index (Phi) is 5.77. The van der Waals surface area contributed by atoms with Gasteiger partial charge in [-0.3, -0.25) is 0 Å². The van der Waals surface area contributed by atoms with Crippen molar-refractivity contribution in [3.8, 4) is 36.0 Å². The van der Waals surface area contributed by atoms with Crippen LogP contribution in [0, 0.1) is 36.0 Å². The highest BCUT2D eigenvalue weighted by atomic mass is 16.5. The van der Waals surface area contributed by atoms with E-state index < -0.39 is 5.97 Å². The van der Waals surface area contributed by atoms with E-state index in [0.29, 0.717) is 0 Å². The molecular formula is C10H6O2. The van der Waals surface area contributed by atoms with Crippen LogP contribution in [0.1, 0.15) is 0 Å². The monoisotopic (exact) mass is 158 g/mol. The molecule has 0 unspecified atom stereocenters. The molecule has 2 heteroatoms. The fourth-order valence-electron chi connectivity index (χ4n) is 0.323. The molecule has 0 atom stereocenters. The summed E-state index contributed by atoms with van der Waals surface area (Å²) in [5.74, 6) is 11.2. The van der Waals surface area contributed by atoms with Gasteiger partial charge in [0.1, 0.15) is 0 Å². The van der Waals surface area contributed by atoms with Crippen molar-refractivity contribution < 1.29 is 9.53 Å². The Hall–Kier alpha value is -2.11. The van der Waals surface area contributed by atoms with Crippen LogP contribution >= 0.6 is 0 Å². The SMILES string of the molecule is C#CC#CC#CC=CC(=O)OC. The molecular weight excluding hydrogens is 152 g/mol. The molecule has 0 aliphatic carbocycles. The first-order chi connectivity index (χ1) is 5.81. The number of allylic oxidation sites excluding steroid dienone is 1. The van der Waals surface area contributed by atoms with Crippen LogP contribution in [0.5, 0.6) is 0 Å². The first-order valence-corrected chi connectivity index (χ1v) is 3.02. The second kappa shape index (κ2) is 7.00. The smallest absolute Gasteiger partial charge is 0.331 e. The van der Waals surface area contributed by atoms with E-state index in [2.05, 4.69) is 34.3 Å². The summed E-state index contributed by atoms with van der Waals surface area (Å²) >= 11 is 0. The Morgan fingerprint density at radius 2 is 2.17 bits per heavy atom. The molecule has 0 N–H and O–H groups in total. The van der Waals surface area contributed by atoms with Crippen molar-refractivity contribution in [3.63, 3.8) is 0 Å². The first kappa shape index (κ1) is 9.89. The Labute approximate surface area is 71.6 Å². The molecule has 0 aromatic rings. The van der Waals surface area contributed by atoms with Crippen molar-refractivity contribution in [2.45, 2.75) is 0 Å². The molecule has 0 amide bonds. The summed E-state index contributed by atoms with van der Waals surface area (Å²) in [4.78, 5) is 10.5.